The summed E-state index contributed by atoms with van der Waals surface area (Å²) < 4.78 is 28.6. The Hall–Kier alpha value is -4.76. The van der Waals surface area contributed by atoms with Crippen molar-refractivity contribution in [2.75, 3.05) is 20.3 Å². The number of carbonyl (C=O) groups is 1. The monoisotopic (exact) mass is 562 g/mol. The number of nitrogens with zero attached hydrogens (tertiary/aromatic N) is 8. The van der Waals surface area contributed by atoms with Gasteiger partial charge in [-0.15, -0.1) is 5.10 Å². The molecule has 1 aliphatic carbocycles. The van der Waals surface area contributed by atoms with Crippen molar-refractivity contribution in [3.63, 3.8) is 0 Å². The number of halogens is 1. The van der Waals surface area contributed by atoms with Crippen LogP contribution in [0.2, 0.25) is 0 Å². The lowest BCUT2D eigenvalue weighted by molar-refractivity contribution is -0.184. The number of methoxy groups -OCH3 is 1. The number of rotatable bonds is 10. The molecule has 0 atom stereocenters. The Balaban J connectivity index is 1.16. The van der Waals surface area contributed by atoms with Crippen LogP contribution in [0, 0.1) is 5.82 Å². The topological polar surface area (TPSA) is 179 Å². The zero-order valence-corrected chi connectivity index (χ0v) is 22.1. The lowest BCUT2D eigenvalue weighted by atomic mass is 9.91. The van der Waals surface area contributed by atoms with Gasteiger partial charge in [0.25, 0.3) is 5.91 Å². The van der Waals surface area contributed by atoms with Gasteiger partial charge in [-0.1, -0.05) is 0 Å². The van der Waals surface area contributed by atoms with E-state index in [1.54, 1.807) is 6.07 Å². The molecule has 4 aromatic rings. The molecule has 15 heteroatoms. The van der Waals surface area contributed by atoms with E-state index < -0.39 is 17.3 Å². The Kier molecular flexibility index (Phi) is 6.88. The third-order valence-corrected chi connectivity index (χ3v) is 7.12. The number of benzene rings is 1. The summed E-state index contributed by atoms with van der Waals surface area (Å²) >= 11 is 0. The smallest absolute Gasteiger partial charge is 0.273 e. The Bertz CT molecular complexity index is 1660. The van der Waals surface area contributed by atoms with Crippen molar-refractivity contribution in [2.45, 2.75) is 37.5 Å². The lowest BCUT2D eigenvalue weighted by Gasteiger charge is -2.37. The van der Waals surface area contributed by atoms with Gasteiger partial charge in [0.05, 0.1) is 44.5 Å². The van der Waals surface area contributed by atoms with Gasteiger partial charge in [-0.3, -0.25) is 9.79 Å². The van der Waals surface area contributed by atoms with Crippen LogP contribution in [0.1, 0.15) is 41.1 Å². The van der Waals surface area contributed by atoms with Crippen LogP contribution in [-0.2, 0) is 28.2 Å². The van der Waals surface area contributed by atoms with Gasteiger partial charge in [-0.2, -0.15) is 5.10 Å². The SMILES string of the molecule is COc1ccc(-n2cnnn2)c(CNC(=O)C(C=NCc2cn3cc(C4CC4)cc(C4(O)COC4)c3n2)=NN)c1F. The minimum Gasteiger partial charge on any atom is -0.494 e. The second kappa shape index (κ2) is 10.7. The van der Waals surface area contributed by atoms with E-state index in [0.717, 1.165) is 24.0 Å². The minimum atomic E-state index is -1.07. The number of aliphatic hydroxyl groups is 1. The molecule has 4 heterocycles. The quantitative estimate of drug-likeness (QED) is 0.143. The molecule has 3 aromatic heterocycles. The second-order valence-corrected chi connectivity index (χ2v) is 9.95. The van der Waals surface area contributed by atoms with Crippen LogP contribution < -0.4 is 15.9 Å². The molecule has 0 spiro atoms. The summed E-state index contributed by atoms with van der Waals surface area (Å²) in [5.74, 6) is 4.61. The predicted octanol–water partition coefficient (Wildman–Crippen LogP) is 0.755. The van der Waals surface area contributed by atoms with Gasteiger partial charge in [-0.25, -0.2) is 14.1 Å². The Morgan fingerprint density at radius 2 is 2.20 bits per heavy atom. The molecular formula is C26H27FN10O4. The minimum absolute atomic E-state index is 0.00262. The van der Waals surface area contributed by atoms with Crippen molar-refractivity contribution in [3.05, 3.63) is 65.1 Å². The van der Waals surface area contributed by atoms with Crippen LogP contribution in [-0.4, -0.2) is 72.9 Å². The summed E-state index contributed by atoms with van der Waals surface area (Å²) in [7, 11) is 1.34. The van der Waals surface area contributed by atoms with Crippen LogP contribution in [0.4, 0.5) is 4.39 Å². The van der Waals surface area contributed by atoms with E-state index in [1.165, 1.54) is 30.4 Å². The summed E-state index contributed by atoms with van der Waals surface area (Å²) in [6, 6.07) is 5.03. The second-order valence-electron chi connectivity index (χ2n) is 9.95. The van der Waals surface area contributed by atoms with Gasteiger partial charge < -0.3 is 30.1 Å². The highest BCUT2D eigenvalue weighted by Gasteiger charge is 2.41. The van der Waals surface area contributed by atoms with E-state index in [4.69, 9.17) is 15.3 Å². The highest BCUT2D eigenvalue weighted by atomic mass is 19.1. The van der Waals surface area contributed by atoms with Crippen molar-refractivity contribution in [1.29, 1.82) is 0 Å². The molecule has 0 bridgehead atoms. The van der Waals surface area contributed by atoms with Gasteiger partial charge in [0, 0.05) is 30.1 Å². The third kappa shape index (κ3) is 5.12. The maximum Gasteiger partial charge on any atom is 0.273 e. The lowest BCUT2D eigenvalue weighted by Crippen LogP contribution is -2.46. The van der Waals surface area contributed by atoms with E-state index in [1.807, 2.05) is 22.9 Å². The number of tetrazole rings is 1. The Morgan fingerprint density at radius 3 is 2.85 bits per heavy atom. The standard InChI is InChI=1S/C26H27FN10O4/c1-40-22-5-4-21(37-14-31-34-35-37)18(23(22)27)8-30-25(38)20(33-28)9-29-7-17-11-36-10-16(15-2-3-15)6-19(24(36)32-17)26(39)12-41-13-26/h4-6,9-11,14-15,39H,2-3,7-8,12-13,28H2,1H3,(H,30,38). The molecule has 14 nitrogen and oxygen atoms in total. The first-order valence-electron chi connectivity index (χ1n) is 12.9. The summed E-state index contributed by atoms with van der Waals surface area (Å²) in [5.41, 5.74) is 2.34. The van der Waals surface area contributed by atoms with E-state index in [9.17, 15) is 9.90 Å². The molecular weight excluding hydrogens is 535 g/mol. The number of pyridine rings is 1. The number of hydrazone groups is 1. The van der Waals surface area contributed by atoms with Crippen LogP contribution in [0.15, 0.2) is 47.0 Å². The van der Waals surface area contributed by atoms with Crippen molar-refractivity contribution in [1.82, 2.24) is 34.9 Å². The maximum atomic E-state index is 15.1. The fraction of sp³-hybridized carbons (Fsp3) is 0.346. The number of ether oxygens (including phenoxy) is 2. The number of fused-ring (bicyclic) bond motifs is 1. The van der Waals surface area contributed by atoms with Gasteiger partial charge in [0.1, 0.15) is 17.6 Å². The normalized spacial score (nSPS) is 16.7. The fourth-order valence-corrected chi connectivity index (χ4v) is 4.72. The van der Waals surface area contributed by atoms with Crippen LogP contribution >= 0.6 is 0 Å². The summed E-state index contributed by atoms with van der Waals surface area (Å²) in [5, 5.41) is 28.1. The van der Waals surface area contributed by atoms with E-state index in [-0.39, 0.29) is 43.3 Å². The number of nitrogens with one attached hydrogen (secondary N) is 1. The van der Waals surface area contributed by atoms with Gasteiger partial charge in [0.15, 0.2) is 17.3 Å². The summed E-state index contributed by atoms with van der Waals surface area (Å²) in [6.45, 7) is 0.350. The molecule has 0 radical (unpaired) electrons. The molecule has 1 aliphatic heterocycles. The van der Waals surface area contributed by atoms with Gasteiger partial charge in [0.2, 0.25) is 0 Å². The predicted molar refractivity (Wildman–Crippen MR) is 143 cm³/mol. The average molecular weight is 563 g/mol. The number of aromatic nitrogens is 6. The van der Waals surface area contributed by atoms with Crippen LogP contribution in [0.3, 0.4) is 0 Å². The highest BCUT2D eigenvalue weighted by molar-refractivity contribution is 6.60. The largest absolute Gasteiger partial charge is 0.494 e. The highest BCUT2D eigenvalue weighted by Crippen LogP contribution is 2.42. The molecule has 2 fully saturated rings. The fourth-order valence-electron chi connectivity index (χ4n) is 4.72. The van der Waals surface area contributed by atoms with Crippen molar-refractivity contribution in [2.24, 2.45) is 15.9 Å². The average Bonchev–Trinajstić information content (AvgIpc) is 3.50. The van der Waals surface area contributed by atoms with E-state index >= 15 is 4.39 Å². The summed E-state index contributed by atoms with van der Waals surface area (Å²) in [6.07, 6.45) is 8.66. The molecule has 1 saturated heterocycles. The van der Waals surface area contributed by atoms with E-state index in [0.29, 0.717) is 22.9 Å². The number of aliphatic imine (C=N–C) groups is 1. The molecule has 4 N–H and O–H groups in total. The molecule has 0 unspecified atom stereocenters. The molecule has 1 saturated carbocycles. The van der Waals surface area contributed by atoms with Crippen LogP contribution in [0.5, 0.6) is 5.75 Å². The molecule has 1 amide bonds. The first-order valence-corrected chi connectivity index (χ1v) is 12.9. The first kappa shape index (κ1) is 26.5. The number of hydrogen-bond donors (Lipinski definition) is 3. The van der Waals surface area contributed by atoms with Crippen LogP contribution in [0.25, 0.3) is 11.3 Å². The Labute approximate surface area is 232 Å². The van der Waals surface area contributed by atoms with Crippen molar-refractivity contribution < 1.29 is 23.8 Å². The molecule has 212 valence electrons. The number of carbonyl (C=O) groups excluding carboxylic acids is 1. The first-order chi connectivity index (χ1) is 19.9. The van der Waals surface area contributed by atoms with Gasteiger partial charge in [-0.05, 0) is 52.9 Å². The number of imidazole rings is 1. The number of nitrogens with two attached hydrogens (primary N) is 1. The number of amides is 1. The van der Waals surface area contributed by atoms with Gasteiger partial charge >= 0.3 is 0 Å². The van der Waals surface area contributed by atoms with E-state index in [2.05, 4.69) is 35.9 Å². The zero-order valence-electron chi connectivity index (χ0n) is 22.1. The van der Waals surface area contributed by atoms with Crippen molar-refractivity contribution in [3.8, 4) is 11.4 Å². The van der Waals surface area contributed by atoms with Crippen molar-refractivity contribution >= 4 is 23.5 Å². The molecule has 1 aromatic carbocycles. The molecule has 41 heavy (non-hydrogen) atoms. The summed E-state index contributed by atoms with van der Waals surface area (Å²) in [4.78, 5) is 21.8. The zero-order chi connectivity index (χ0) is 28.6. The third-order valence-electron chi connectivity index (χ3n) is 7.12. The maximum absolute atomic E-state index is 15.1. The molecule has 6 rings (SSSR count). The number of hydrogen-bond acceptors (Lipinski definition) is 11. The molecule has 2 aliphatic rings. The Morgan fingerprint density at radius 1 is 1.37 bits per heavy atom.